The maximum Gasteiger partial charge on any atom is 0.313 e. The van der Waals surface area contributed by atoms with Gasteiger partial charge < -0.3 is 15.1 Å². The summed E-state index contributed by atoms with van der Waals surface area (Å²) in [7, 11) is 0. The van der Waals surface area contributed by atoms with Crippen molar-refractivity contribution in [2.24, 2.45) is 4.99 Å². The summed E-state index contributed by atoms with van der Waals surface area (Å²) in [6.45, 7) is 12.1. The zero-order chi connectivity index (χ0) is 21.1. The molecule has 0 bridgehead atoms. The SMILES string of the molecule is C=Nc1cc2c(cc1C)N(C(CCSCC(=O)O)CC(=O)O)C(C)(C)CC2C. The van der Waals surface area contributed by atoms with Gasteiger partial charge in [0.15, 0.2) is 0 Å². The van der Waals surface area contributed by atoms with Crippen LogP contribution in [0.15, 0.2) is 17.1 Å². The fourth-order valence-electron chi connectivity index (χ4n) is 4.35. The molecule has 0 amide bonds. The largest absolute Gasteiger partial charge is 0.481 e. The minimum atomic E-state index is -0.850. The number of carboxylic acid groups (broad SMARTS) is 2. The van der Waals surface area contributed by atoms with E-state index in [2.05, 4.69) is 49.5 Å². The van der Waals surface area contributed by atoms with Crippen LogP contribution in [0.3, 0.4) is 0 Å². The van der Waals surface area contributed by atoms with Crippen LogP contribution in [0.2, 0.25) is 0 Å². The molecule has 0 saturated carbocycles. The zero-order valence-corrected chi connectivity index (χ0v) is 17.9. The first-order valence-corrected chi connectivity index (χ1v) is 10.6. The third-order valence-corrected chi connectivity index (χ3v) is 6.34. The molecule has 0 aliphatic carbocycles. The Labute approximate surface area is 171 Å². The van der Waals surface area contributed by atoms with Gasteiger partial charge in [-0.1, -0.05) is 6.92 Å². The van der Waals surface area contributed by atoms with Crippen molar-refractivity contribution in [3.63, 3.8) is 0 Å². The predicted octanol–water partition coefficient (Wildman–Crippen LogP) is 4.47. The summed E-state index contributed by atoms with van der Waals surface area (Å²) in [5.74, 6) is -0.728. The molecule has 1 aromatic rings. The van der Waals surface area contributed by atoms with E-state index < -0.39 is 11.9 Å². The fourth-order valence-corrected chi connectivity index (χ4v) is 5.11. The Hall–Kier alpha value is -2.02. The summed E-state index contributed by atoms with van der Waals surface area (Å²) in [6.07, 6.45) is 1.53. The molecule has 2 unspecified atom stereocenters. The highest BCUT2D eigenvalue weighted by Gasteiger charge is 2.40. The minimum Gasteiger partial charge on any atom is -0.481 e. The Bertz CT molecular complexity index is 763. The number of hydrogen-bond acceptors (Lipinski definition) is 5. The smallest absolute Gasteiger partial charge is 0.313 e. The van der Waals surface area contributed by atoms with Crippen LogP contribution >= 0.6 is 11.8 Å². The van der Waals surface area contributed by atoms with Gasteiger partial charge >= 0.3 is 11.9 Å². The molecule has 7 heteroatoms. The van der Waals surface area contributed by atoms with Gasteiger partial charge in [0.2, 0.25) is 0 Å². The molecule has 2 atom stereocenters. The molecule has 2 N–H and O–H groups in total. The standard InChI is InChI=1S/C21H30N2O4S/c1-13-8-18-16(10-17(13)22-5)14(2)11-21(3,4)23(18)15(9-19(24)25)6-7-28-12-20(26)27/h8,10,14-15H,5-7,9,11-12H2,1-4H3,(H,24,25)(H,26,27). The molecular formula is C21H30N2O4S. The van der Waals surface area contributed by atoms with E-state index in [0.717, 1.165) is 23.4 Å². The van der Waals surface area contributed by atoms with E-state index in [9.17, 15) is 14.7 Å². The quantitative estimate of drug-likeness (QED) is 0.464. The molecule has 0 spiro atoms. The monoisotopic (exact) mass is 406 g/mol. The maximum absolute atomic E-state index is 11.6. The number of nitrogens with zero attached hydrogens (tertiary/aromatic N) is 2. The lowest BCUT2D eigenvalue weighted by Crippen LogP contribution is -2.54. The second kappa shape index (κ2) is 8.99. The van der Waals surface area contributed by atoms with Crippen molar-refractivity contribution in [3.05, 3.63) is 23.3 Å². The maximum atomic E-state index is 11.6. The van der Waals surface area contributed by atoms with Crippen molar-refractivity contribution in [2.45, 2.75) is 64.5 Å². The number of carbonyl (C=O) groups is 2. The Morgan fingerprint density at radius 1 is 1.36 bits per heavy atom. The number of benzene rings is 1. The molecule has 154 valence electrons. The highest BCUT2D eigenvalue weighted by Crippen LogP contribution is 2.47. The molecule has 6 nitrogen and oxygen atoms in total. The van der Waals surface area contributed by atoms with E-state index in [1.165, 1.54) is 17.3 Å². The summed E-state index contributed by atoms with van der Waals surface area (Å²) < 4.78 is 0. The number of thioether (sulfide) groups is 1. The number of carboxylic acids is 2. The fraction of sp³-hybridized carbons (Fsp3) is 0.571. The molecule has 28 heavy (non-hydrogen) atoms. The Morgan fingerprint density at radius 3 is 2.61 bits per heavy atom. The molecule has 1 aliphatic rings. The van der Waals surface area contributed by atoms with Gasteiger partial charge in [-0.3, -0.25) is 14.6 Å². The lowest BCUT2D eigenvalue weighted by atomic mass is 9.78. The zero-order valence-electron chi connectivity index (χ0n) is 17.1. The van der Waals surface area contributed by atoms with E-state index in [4.69, 9.17) is 5.11 Å². The van der Waals surface area contributed by atoms with Crippen LogP contribution < -0.4 is 4.90 Å². The summed E-state index contributed by atoms with van der Waals surface area (Å²) in [5.41, 5.74) is 3.89. The van der Waals surface area contributed by atoms with Crippen LogP contribution in [0.4, 0.5) is 11.4 Å². The molecule has 0 fully saturated rings. The lowest BCUT2D eigenvalue weighted by molar-refractivity contribution is -0.137. The number of hydrogen-bond donors (Lipinski definition) is 2. The van der Waals surface area contributed by atoms with E-state index in [0.29, 0.717) is 18.1 Å². The van der Waals surface area contributed by atoms with Gasteiger partial charge in [-0.2, -0.15) is 11.8 Å². The Balaban J connectivity index is 2.43. The first kappa shape index (κ1) is 22.3. The van der Waals surface area contributed by atoms with Crippen molar-refractivity contribution in [1.29, 1.82) is 0 Å². The molecule has 0 aromatic heterocycles. The first-order valence-electron chi connectivity index (χ1n) is 9.48. The van der Waals surface area contributed by atoms with Crippen molar-refractivity contribution in [1.82, 2.24) is 0 Å². The van der Waals surface area contributed by atoms with Crippen molar-refractivity contribution in [2.75, 3.05) is 16.4 Å². The number of fused-ring (bicyclic) bond motifs is 1. The van der Waals surface area contributed by atoms with Gasteiger partial charge in [0.1, 0.15) is 0 Å². The second-order valence-corrected chi connectivity index (χ2v) is 9.24. The van der Waals surface area contributed by atoms with E-state index in [1.54, 1.807) is 0 Å². The van der Waals surface area contributed by atoms with Gasteiger partial charge in [0.25, 0.3) is 0 Å². The molecule has 1 heterocycles. The molecule has 0 radical (unpaired) electrons. The average Bonchev–Trinajstić information content (AvgIpc) is 2.56. The lowest BCUT2D eigenvalue weighted by Gasteiger charge is -2.51. The summed E-state index contributed by atoms with van der Waals surface area (Å²) in [6, 6.07) is 3.96. The van der Waals surface area contributed by atoms with Crippen LogP contribution in [0.1, 0.15) is 57.1 Å². The summed E-state index contributed by atoms with van der Waals surface area (Å²) >= 11 is 1.33. The molecule has 1 aliphatic heterocycles. The molecule has 2 rings (SSSR count). The highest BCUT2D eigenvalue weighted by molar-refractivity contribution is 7.99. The van der Waals surface area contributed by atoms with E-state index in [1.807, 2.05) is 6.92 Å². The first-order chi connectivity index (χ1) is 13.1. The minimum absolute atomic E-state index is 0.0192. The van der Waals surface area contributed by atoms with Crippen molar-refractivity contribution < 1.29 is 19.8 Å². The second-order valence-electron chi connectivity index (χ2n) is 8.13. The van der Waals surface area contributed by atoms with Crippen LogP contribution in [-0.2, 0) is 9.59 Å². The van der Waals surface area contributed by atoms with Crippen molar-refractivity contribution in [3.8, 4) is 0 Å². The predicted molar refractivity (Wildman–Crippen MR) is 116 cm³/mol. The number of aliphatic imine (C=N–C) groups is 1. The van der Waals surface area contributed by atoms with Gasteiger partial charge in [-0.25, -0.2) is 0 Å². The van der Waals surface area contributed by atoms with Crippen LogP contribution in [0.5, 0.6) is 0 Å². The number of aryl methyl sites for hydroxylation is 1. The third kappa shape index (κ3) is 5.07. The Morgan fingerprint density at radius 2 is 2.04 bits per heavy atom. The molecular weight excluding hydrogens is 376 g/mol. The summed E-state index contributed by atoms with van der Waals surface area (Å²) in [4.78, 5) is 28.8. The molecule has 0 saturated heterocycles. The highest BCUT2D eigenvalue weighted by atomic mass is 32.2. The topological polar surface area (TPSA) is 90.2 Å². The van der Waals surface area contributed by atoms with Gasteiger partial charge in [0.05, 0.1) is 17.9 Å². The normalized spacial score (nSPS) is 19.0. The van der Waals surface area contributed by atoms with Gasteiger partial charge in [0, 0.05) is 17.3 Å². The number of rotatable bonds is 9. The number of anilines is 1. The average molecular weight is 407 g/mol. The van der Waals surface area contributed by atoms with Gasteiger partial charge in [-0.05, 0) is 75.3 Å². The number of aliphatic carboxylic acids is 2. The van der Waals surface area contributed by atoms with Crippen LogP contribution in [-0.4, -0.2) is 52.0 Å². The van der Waals surface area contributed by atoms with E-state index in [-0.39, 0.29) is 23.8 Å². The third-order valence-electron chi connectivity index (χ3n) is 5.36. The van der Waals surface area contributed by atoms with Crippen LogP contribution in [0, 0.1) is 6.92 Å². The van der Waals surface area contributed by atoms with Crippen molar-refractivity contribution >= 4 is 41.8 Å². The summed E-state index contributed by atoms with van der Waals surface area (Å²) in [5, 5.41) is 18.4. The van der Waals surface area contributed by atoms with Gasteiger partial charge in [-0.15, -0.1) is 0 Å². The Kier molecular flexibility index (Phi) is 7.15. The van der Waals surface area contributed by atoms with E-state index >= 15 is 0 Å². The van der Waals surface area contributed by atoms with Crippen LogP contribution in [0.25, 0.3) is 0 Å². The molecule has 1 aromatic carbocycles.